The zero-order chi connectivity index (χ0) is 22.9. The number of fused-ring (bicyclic) bond motifs is 1. The predicted octanol–water partition coefficient (Wildman–Crippen LogP) is 6.45. The number of ketones is 1. The van der Waals surface area contributed by atoms with Crippen molar-refractivity contribution in [2.45, 2.75) is 24.8 Å². The number of methoxy groups -OCH3 is 2. The largest absolute Gasteiger partial charge is 0.496 e. The molecular weight excluding hydrogens is 480 g/mol. The number of hydrogen-bond donors (Lipinski definition) is 2. The van der Waals surface area contributed by atoms with Crippen LogP contribution in [0.2, 0.25) is 0 Å². The first kappa shape index (κ1) is 21.6. The summed E-state index contributed by atoms with van der Waals surface area (Å²) in [6, 6.07) is 21.8. The summed E-state index contributed by atoms with van der Waals surface area (Å²) in [4.78, 5) is 13.7. The van der Waals surface area contributed by atoms with E-state index in [9.17, 15) is 4.79 Å². The molecular formula is C27H25BrN2O3. The van der Waals surface area contributed by atoms with E-state index in [0.29, 0.717) is 17.9 Å². The maximum Gasteiger partial charge on any atom is 0.163 e. The van der Waals surface area contributed by atoms with Gasteiger partial charge in [-0.05, 0) is 58.1 Å². The van der Waals surface area contributed by atoms with Crippen LogP contribution in [0.25, 0.3) is 0 Å². The molecule has 0 aromatic heterocycles. The number of ether oxygens (including phenoxy) is 2. The van der Waals surface area contributed by atoms with Crippen LogP contribution in [0.3, 0.4) is 0 Å². The molecule has 6 heteroatoms. The first-order chi connectivity index (χ1) is 16.1. The summed E-state index contributed by atoms with van der Waals surface area (Å²) in [5, 5.41) is 7.20. The molecule has 1 aliphatic heterocycles. The molecule has 5 rings (SSSR count). The van der Waals surface area contributed by atoms with Crippen molar-refractivity contribution >= 4 is 33.1 Å². The quantitative estimate of drug-likeness (QED) is 0.427. The molecule has 3 aromatic rings. The second kappa shape index (κ2) is 8.94. The van der Waals surface area contributed by atoms with Gasteiger partial charge in [-0.1, -0.05) is 42.5 Å². The highest BCUT2D eigenvalue weighted by Gasteiger charge is 2.37. The van der Waals surface area contributed by atoms with E-state index in [1.54, 1.807) is 14.2 Å². The highest BCUT2D eigenvalue weighted by molar-refractivity contribution is 9.10. The fourth-order valence-corrected chi connectivity index (χ4v) is 5.28. The lowest BCUT2D eigenvalue weighted by Gasteiger charge is -2.30. The van der Waals surface area contributed by atoms with E-state index in [1.807, 2.05) is 54.6 Å². The third-order valence-electron chi connectivity index (χ3n) is 6.40. The Morgan fingerprint density at radius 3 is 2.30 bits per heavy atom. The smallest absolute Gasteiger partial charge is 0.163 e. The van der Waals surface area contributed by atoms with E-state index in [1.165, 1.54) is 5.56 Å². The Kier molecular flexibility index (Phi) is 5.85. The Bertz CT molecular complexity index is 1240. The molecule has 0 unspecified atom stereocenters. The summed E-state index contributed by atoms with van der Waals surface area (Å²) in [7, 11) is 3.28. The monoisotopic (exact) mass is 504 g/mol. The lowest BCUT2D eigenvalue weighted by molar-refractivity contribution is -0.116. The standard InChI is InChI=1S/C27H25BrN2O3/c1-32-24-15-19(28)25(33-2)14-18(24)27-26-22(29-20-10-6-7-11-21(20)30-27)12-17(13-23(26)31)16-8-4-3-5-9-16/h3-11,14-15,17,27,29-30H,12-13H2,1-2H3/t17-,27-/m0/s1. The number of anilines is 2. The Morgan fingerprint density at radius 2 is 1.58 bits per heavy atom. The van der Waals surface area contributed by atoms with Crippen molar-refractivity contribution in [3.05, 3.63) is 93.6 Å². The third kappa shape index (κ3) is 4.00. The number of Topliss-reactive ketones (excluding diaryl/α,β-unsaturated/α-hetero) is 1. The molecule has 3 aromatic carbocycles. The van der Waals surface area contributed by atoms with Crippen molar-refractivity contribution < 1.29 is 14.3 Å². The number of carbonyl (C=O) groups is 1. The molecule has 168 valence electrons. The van der Waals surface area contributed by atoms with Gasteiger partial charge in [-0.2, -0.15) is 0 Å². The topological polar surface area (TPSA) is 59.6 Å². The SMILES string of the molecule is COc1cc([C@@H]2Nc3ccccc3NC3=C2C(=O)C[C@@H](c2ccccc2)C3)c(OC)cc1Br. The van der Waals surface area contributed by atoms with Gasteiger partial charge < -0.3 is 20.1 Å². The van der Waals surface area contributed by atoms with Crippen molar-refractivity contribution in [3.63, 3.8) is 0 Å². The maximum absolute atomic E-state index is 13.7. The molecule has 1 heterocycles. The Balaban J connectivity index is 1.67. The summed E-state index contributed by atoms with van der Waals surface area (Å²) in [5.41, 5.74) is 5.63. The van der Waals surface area contributed by atoms with Gasteiger partial charge in [-0.3, -0.25) is 4.79 Å². The Hall–Kier alpha value is -3.25. The Labute approximate surface area is 201 Å². The number of halogens is 1. The molecule has 0 fully saturated rings. The van der Waals surface area contributed by atoms with Crippen molar-refractivity contribution in [2.75, 3.05) is 24.9 Å². The van der Waals surface area contributed by atoms with Crippen LogP contribution in [-0.4, -0.2) is 20.0 Å². The van der Waals surface area contributed by atoms with Crippen molar-refractivity contribution in [2.24, 2.45) is 0 Å². The minimum absolute atomic E-state index is 0.131. The minimum atomic E-state index is -0.377. The fourth-order valence-electron chi connectivity index (χ4n) is 4.80. The number of allylic oxidation sites excluding steroid dienone is 1. The third-order valence-corrected chi connectivity index (χ3v) is 7.01. The van der Waals surface area contributed by atoms with E-state index in [-0.39, 0.29) is 17.7 Å². The molecule has 2 N–H and O–H groups in total. The number of hydrogen-bond acceptors (Lipinski definition) is 5. The second-order valence-corrected chi connectivity index (χ2v) is 9.16. The van der Waals surface area contributed by atoms with Crippen LogP contribution in [0.5, 0.6) is 11.5 Å². The van der Waals surface area contributed by atoms with Crippen molar-refractivity contribution in [3.8, 4) is 11.5 Å². The molecule has 0 radical (unpaired) electrons. The molecule has 2 atom stereocenters. The molecule has 5 nitrogen and oxygen atoms in total. The zero-order valence-electron chi connectivity index (χ0n) is 18.5. The lowest BCUT2D eigenvalue weighted by Crippen LogP contribution is -2.27. The summed E-state index contributed by atoms with van der Waals surface area (Å²) in [6.45, 7) is 0. The van der Waals surface area contributed by atoms with Crippen molar-refractivity contribution in [1.29, 1.82) is 0 Å². The molecule has 0 bridgehead atoms. The molecule has 2 aliphatic rings. The highest BCUT2D eigenvalue weighted by atomic mass is 79.9. The molecule has 1 aliphatic carbocycles. The predicted molar refractivity (Wildman–Crippen MR) is 134 cm³/mol. The molecule has 0 spiro atoms. The number of rotatable bonds is 4. The normalized spacial score (nSPS) is 19.5. The van der Waals surface area contributed by atoms with E-state index in [0.717, 1.165) is 39.1 Å². The van der Waals surface area contributed by atoms with E-state index in [2.05, 4.69) is 38.7 Å². The van der Waals surface area contributed by atoms with Gasteiger partial charge in [-0.25, -0.2) is 0 Å². The lowest BCUT2D eigenvalue weighted by atomic mass is 9.78. The van der Waals surface area contributed by atoms with Gasteiger partial charge >= 0.3 is 0 Å². The van der Waals surface area contributed by atoms with Crippen LogP contribution in [0.15, 0.2) is 82.5 Å². The van der Waals surface area contributed by atoms with Gasteiger partial charge in [0.2, 0.25) is 0 Å². The van der Waals surface area contributed by atoms with Gasteiger partial charge in [0.05, 0.1) is 36.1 Å². The van der Waals surface area contributed by atoms with Crippen molar-refractivity contribution in [1.82, 2.24) is 0 Å². The van der Waals surface area contributed by atoms with E-state index < -0.39 is 0 Å². The van der Waals surface area contributed by atoms with Gasteiger partial charge in [0.1, 0.15) is 11.5 Å². The summed E-state index contributed by atoms with van der Waals surface area (Å²) >= 11 is 3.55. The average Bonchev–Trinajstić information content (AvgIpc) is 3.01. The van der Waals surface area contributed by atoms with Gasteiger partial charge in [0, 0.05) is 23.3 Å². The first-order valence-corrected chi connectivity index (χ1v) is 11.7. The number of carbonyl (C=O) groups excluding carboxylic acids is 1. The zero-order valence-corrected chi connectivity index (χ0v) is 20.1. The summed E-state index contributed by atoms with van der Waals surface area (Å²) in [6.07, 6.45) is 1.22. The summed E-state index contributed by atoms with van der Waals surface area (Å²) < 4.78 is 12.1. The van der Waals surface area contributed by atoms with Gasteiger partial charge in [0.25, 0.3) is 0 Å². The average molecular weight is 505 g/mol. The molecule has 0 amide bonds. The van der Waals surface area contributed by atoms with Gasteiger partial charge in [0.15, 0.2) is 5.78 Å². The van der Waals surface area contributed by atoms with E-state index in [4.69, 9.17) is 9.47 Å². The van der Waals surface area contributed by atoms with E-state index >= 15 is 0 Å². The number of benzene rings is 3. The summed E-state index contributed by atoms with van der Waals surface area (Å²) in [5.74, 6) is 1.64. The Morgan fingerprint density at radius 1 is 0.879 bits per heavy atom. The number of para-hydroxylation sites is 2. The van der Waals surface area contributed by atoms with Crippen LogP contribution < -0.4 is 20.1 Å². The molecule has 33 heavy (non-hydrogen) atoms. The van der Waals surface area contributed by atoms with Gasteiger partial charge in [-0.15, -0.1) is 0 Å². The second-order valence-electron chi connectivity index (χ2n) is 8.31. The highest BCUT2D eigenvalue weighted by Crippen LogP contribution is 2.47. The minimum Gasteiger partial charge on any atom is -0.496 e. The maximum atomic E-state index is 13.7. The molecule has 0 saturated heterocycles. The van der Waals surface area contributed by atoms with Crippen LogP contribution in [-0.2, 0) is 4.79 Å². The molecule has 0 saturated carbocycles. The fraction of sp³-hybridized carbons (Fsp3) is 0.222. The van der Waals surface area contributed by atoms with Crippen LogP contribution in [0.4, 0.5) is 11.4 Å². The van der Waals surface area contributed by atoms with Crippen LogP contribution in [0, 0.1) is 0 Å². The number of nitrogens with one attached hydrogen (secondary N) is 2. The first-order valence-electron chi connectivity index (χ1n) is 10.9. The van der Waals surface area contributed by atoms with Crippen LogP contribution in [0.1, 0.15) is 35.9 Å². The van der Waals surface area contributed by atoms with Crippen LogP contribution >= 0.6 is 15.9 Å².